The fourth-order valence-corrected chi connectivity index (χ4v) is 4.09. The molecule has 2 heterocycles. The van der Waals surface area contributed by atoms with E-state index in [-0.39, 0.29) is 5.78 Å². The van der Waals surface area contributed by atoms with E-state index in [4.69, 9.17) is 0 Å². The van der Waals surface area contributed by atoms with Crippen LogP contribution in [-0.2, 0) is 0 Å². The Bertz CT molecular complexity index is 919. The van der Waals surface area contributed by atoms with Gasteiger partial charge in [0.05, 0.1) is 6.54 Å². The van der Waals surface area contributed by atoms with Crippen LogP contribution in [0.1, 0.15) is 40.4 Å². The van der Waals surface area contributed by atoms with E-state index in [1.807, 2.05) is 43.3 Å². The van der Waals surface area contributed by atoms with Gasteiger partial charge in [0.15, 0.2) is 5.78 Å². The number of aromatic amines is 1. The van der Waals surface area contributed by atoms with Gasteiger partial charge in [-0.3, -0.25) is 9.69 Å². The lowest BCUT2D eigenvalue weighted by atomic mass is 9.89. The number of nitrogens with one attached hydrogen (secondary N) is 1. The van der Waals surface area contributed by atoms with Gasteiger partial charge in [-0.2, -0.15) is 0 Å². The zero-order valence-electron chi connectivity index (χ0n) is 15.0. The molecule has 134 valence electrons. The maximum atomic E-state index is 12.9. The van der Waals surface area contributed by atoms with E-state index < -0.39 is 0 Å². The summed E-state index contributed by atoms with van der Waals surface area (Å²) in [5.41, 5.74) is 4.09. The van der Waals surface area contributed by atoms with E-state index in [9.17, 15) is 9.90 Å². The SMILES string of the molecule is Cc1[nH]c2ccccc2c1C(=O)CN1CCC(c2ccc(O)cc2)CC1. The molecule has 0 bridgehead atoms. The molecule has 0 saturated carbocycles. The number of phenolic OH excluding ortho intramolecular Hbond substituents is 1. The van der Waals surface area contributed by atoms with Gasteiger partial charge in [0, 0.05) is 22.2 Å². The second-order valence-electron chi connectivity index (χ2n) is 7.24. The summed E-state index contributed by atoms with van der Waals surface area (Å²) in [6, 6.07) is 15.5. The van der Waals surface area contributed by atoms with E-state index >= 15 is 0 Å². The maximum Gasteiger partial charge on any atom is 0.179 e. The van der Waals surface area contributed by atoms with Gasteiger partial charge in [-0.1, -0.05) is 30.3 Å². The third kappa shape index (κ3) is 3.25. The molecule has 0 amide bonds. The number of benzene rings is 2. The van der Waals surface area contributed by atoms with Crippen LogP contribution < -0.4 is 0 Å². The van der Waals surface area contributed by atoms with Gasteiger partial charge in [-0.15, -0.1) is 0 Å². The molecule has 4 rings (SSSR count). The van der Waals surface area contributed by atoms with Crippen LogP contribution in [0.3, 0.4) is 0 Å². The molecule has 3 aromatic rings. The molecule has 1 fully saturated rings. The van der Waals surface area contributed by atoms with Gasteiger partial charge in [0.2, 0.25) is 0 Å². The Morgan fingerprint density at radius 2 is 1.81 bits per heavy atom. The van der Waals surface area contributed by atoms with Crippen molar-refractivity contribution in [3.63, 3.8) is 0 Å². The summed E-state index contributed by atoms with van der Waals surface area (Å²) in [6.07, 6.45) is 2.09. The summed E-state index contributed by atoms with van der Waals surface area (Å²) in [5, 5.41) is 10.5. The van der Waals surface area contributed by atoms with Crippen molar-refractivity contribution in [2.75, 3.05) is 19.6 Å². The molecule has 1 aliphatic rings. The molecule has 2 aromatic carbocycles. The number of aromatic hydroxyl groups is 1. The summed E-state index contributed by atoms with van der Waals surface area (Å²) >= 11 is 0. The number of likely N-dealkylation sites (tertiary alicyclic amines) is 1. The fraction of sp³-hybridized carbons (Fsp3) is 0.318. The summed E-state index contributed by atoms with van der Waals surface area (Å²) < 4.78 is 0. The molecule has 0 radical (unpaired) electrons. The minimum Gasteiger partial charge on any atom is -0.508 e. The minimum atomic E-state index is 0.197. The van der Waals surface area contributed by atoms with Crippen molar-refractivity contribution in [3.05, 3.63) is 65.4 Å². The van der Waals surface area contributed by atoms with Gasteiger partial charge >= 0.3 is 0 Å². The Labute approximate surface area is 153 Å². The minimum absolute atomic E-state index is 0.197. The molecule has 1 saturated heterocycles. The number of carbonyl (C=O) groups is 1. The monoisotopic (exact) mass is 348 g/mol. The third-order valence-electron chi connectivity index (χ3n) is 5.49. The highest BCUT2D eigenvalue weighted by Crippen LogP contribution is 2.29. The number of aryl methyl sites for hydroxylation is 1. The van der Waals surface area contributed by atoms with Crippen LogP contribution in [0.2, 0.25) is 0 Å². The van der Waals surface area contributed by atoms with Crippen molar-refractivity contribution in [2.45, 2.75) is 25.7 Å². The first-order chi connectivity index (χ1) is 12.6. The summed E-state index contributed by atoms with van der Waals surface area (Å²) in [5.74, 6) is 1.02. The zero-order chi connectivity index (χ0) is 18.1. The molecular formula is C22H24N2O2. The van der Waals surface area contributed by atoms with Gasteiger partial charge < -0.3 is 10.1 Å². The number of fused-ring (bicyclic) bond motifs is 1. The summed E-state index contributed by atoms with van der Waals surface area (Å²) in [6.45, 7) is 4.31. The van der Waals surface area contributed by atoms with Crippen LogP contribution in [0.15, 0.2) is 48.5 Å². The van der Waals surface area contributed by atoms with E-state index in [2.05, 4.69) is 9.88 Å². The smallest absolute Gasteiger partial charge is 0.179 e. The van der Waals surface area contributed by atoms with Crippen LogP contribution in [0, 0.1) is 6.92 Å². The van der Waals surface area contributed by atoms with Crippen molar-refractivity contribution >= 4 is 16.7 Å². The molecule has 1 aromatic heterocycles. The predicted molar refractivity (Wildman–Crippen MR) is 104 cm³/mol. The highest BCUT2D eigenvalue weighted by atomic mass is 16.3. The van der Waals surface area contributed by atoms with Crippen molar-refractivity contribution in [1.82, 2.24) is 9.88 Å². The number of carbonyl (C=O) groups excluding carboxylic acids is 1. The Balaban J connectivity index is 1.41. The Kier molecular flexibility index (Phi) is 4.51. The number of rotatable bonds is 4. The number of hydrogen-bond donors (Lipinski definition) is 2. The van der Waals surface area contributed by atoms with Crippen molar-refractivity contribution in [3.8, 4) is 5.75 Å². The first-order valence-electron chi connectivity index (χ1n) is 9.23. The van der Waals surface area contributed by atoms with Gasteiger partial charge in [0.25, 0.3) is 0 Å². The van der Waals surface area contributed by atoms with E-state index in [1.54, 1.807) is 12.1 Å². The normalized spacial score (nSPS) is 16.2. The van der Waals surface area contributed by atoms with E-state index in [0.29, 0.717) is 18.2 Å². The highest BCUT2D eigenvalue weighted by Gasteiger charge is 2.24. The summed E-state index contributed by atoms with van der Waals surface area (Å²) in [7, 11) is 0. The van der Waals surface area contributed by atoms with E-state index in [0.717, 1.165) is 48.1 Å². The average Bonchev–Trinajstić information content (AvgIpc) is 2.99. The molecule has 4 nitrogen and oxygen atoms in total. The lowest BCUT2D eigenvalue weighted by Gasteiger charge is -2.31. The van der Waals surface area contributed by atoms with Crippen molar-refractivity contribution < 1.29 is 9.90 Å². The fourth-order valence-electron chi connectivity index (χ4n) is 4.09. The molecule has 0 spiro atoms. The molecule has 0 unspecified atom stereocenters. The number of para-hydroxylation sites is 1. The van der Waals surface area contributed by atoms with Crippen LogP contribution >= 0.6 is 0 Å². The molecule has 1 aliphatic heterocycles. The maximum absolute atomic E-state index is 12.9. The molecule has 26 heavy (non-hydrogen) atoms. The quantitative estimate of drug-likeness (QED) is 0.693. The number of hydrogen-bond acceptors (Lipinski definition) is 3. The summed E-state index contributed by atoms with van der Waals surface area (Å²) in [4.78, 5) is 18.5. The second-order valence-corrected chi connectivity index (χ2v) is 7.24. The number of H-pyrrole nitrogens is 1. The standard InChI is InChI=1S/C22H24N2O2/c1-15-22(19-4-2-3-5-20(19)23-15)21(26)14-24-12-10-17(11-13-24)16-6-8-18(25)9-7-16/h2-9,17,23,25H,10-14H2,1H3. The topological polar surface area (TPSA) is 56.3 Å². The second kappa shape index (κ2) is 6.96. The molecule has 0 atom stereocenters. The van der Waals surface area contributed by atoms with E-state index in [1.165, 1.54) is 5.56 Å². The van der Waals surface area contributed by atoms with Crippen molar-refractivity contribution in [1.29, 1.82) is 0 Å². The Hall–Kier alpha value is -2.59. The number of aromatic nitrogens is 1. The Morgan fingerprint density at radius 1 is 1.12 bits per heavy atom. The first-order valence-corrected chi connectivity index (χ1v) is 9.23. The third-order valence-corrected chi connectivity index (χ3v) is 5.49. The lowest BCUT2D eigenvalue weighted by molar-refractivity contribution is 0.0910. The first kappa shape index (κ1) is 16.9. The average molecular weight is 348 g/mol. The largest absolute Gasteiger partial charge is 0.508 e. The van der Waals surface area contributed by atoms with Crippen LogP contribution in [0.4, 0.5) is 0 Å². The van der Waals surface area contributed by atoms with Gasteiger partial charge in [-0.25, -0.2) is 0 Å². The zero-order valence-corrected chi connectivity index (χ0v) is 15.0. The van der Waals surface area contributed by atoms with Gasteiger partial charge in [-0.05, 0) is 62.5 Å². The molecule has 0 aliphatic carbocycles. The van der Waals surface area contributed by atoms with Gasteiger partial charge in [0.1, 0.15) is 5.75 Å². The number of ketones is 1. The predicted octanol–water partition coefficient (Wildman–Crippen LogP) is 4.24. The number of nitrogens with zero attached hydrogens (tertiary/aromatic N) is 1. The molecule has 4 heteroatoms. The number of Topliss-reactive ketones (excluding diaryl/α,β-unsaturated/α-hetero) is 1. The number of phenols is 1. The molecule has 2 N–H and O–H groups in total. The van der Waals surface area contributed by atoms with Crippen molar-refractivity contribution in [2.24, 2.45) is 0 Å². The Morgan fingerprint density at radius 3 is 2.54 bits per heavy atom. The van der Waals surface area contributed by atoms with Crippen LogP contribution in [-0.4, -0.2) is 40.4 Å². The van der Waals surface area contributed by atoms with Crippen LogP contribution in [0.25, 0.3) is 10.9 Å². The number of piperidine rings is 1. The molecular weight excluding hydrogens is 324 g/mol. The van der Waals surface area contributed by atoms with Crippen LogP contribution in [0.5, 0.6) is 5.75 Å². The lowest BCUT2D eigenvalue weighted by Crippen LogP contribution is -2.36. The highest BCUT2D eigenvalue weighted by molar-refractivity contribution is 6.10.